The van der Waals surface area contributed by atoms with Gasteiger partial charge in [0.25, 0.3) is 5.56 Å². The van der Waals surface area contributed by atoms with Crippen LogP contribution < -0.4 is 21.5 Å². The molecule has 1 N–H and O–H groups in total. The van der Waals surface area contributed by atoms with Gasteiger partial charge in [0.15, 0.2) is 0 Å². The van der Waals surface area contributed by atoms with Crippen LogP contribution in [-0.2, 0) is 29.2 Å². The van der Waals surface area contributed by atoms with E-state index in [2.05, 4.69) is 5.32 Å². The molecule has 0 saturated heterocycles. The Balaban J connectivity index is 1.49. The van der Waals surface area contributed by atoms with Crippen molar-refractivity contribution in [3.8, 4) is 0 Å². The van der Waals surface area contributed by atoms with Crippen molar-refractivity contribution >= 4 is 39.1 Å². The number of hydrogen-bond donors (Lipinski definition) is 1. The molecule has 2 amide bonds. The van der Waals surface area contributed by atoms with E-state index in [0.29, 0.717) is 28.1 Å². The summed E-state index contributed by atoms with van der Waals surface area (Å²) in [6, 6.07) is 14.3. The summed E-state index contributed by atoms with van der Waals surface area (Å²) in [5.74, 6) is 0.144. The lowest BCUT2D eigenvalue weighted by atomic mass is 10.3. The number of anilines is 1. The topological polar surface area (TPSA) is 107 Å². The number of aromatic nitrogens is 2. The monoisotopic (exact) mass is 480 g/mol. The van der Waals surface area contributed by atoms with Crippen LogP contribution >= 0.6 is 11.3 Å². The highest BCUT2D eigenvalue weighted by molar-refractivity contribution is 7.17. The molecule has 34 heavy (non-hydrogen) atoms. The first-order valence-corrected chi connectivity index (χ1v) is 11.6. The summed E-state index contributed by atoms with van der Waals surface area (Å²) in [6.45, 7) is 0.139. The van der Waals surface area contributed by atoms with Crippen LogP contribution in [0.25, 0.3) is 10.2 Å². The molecule has 4 aromatic rings. The first kappa shape index (κ1) is 23.2. The highest BCUT2D eigenvalue weighted by Crippen LogP contribution is 2.17. The quantitative estimate of drug-likeness (QED) is 0.396. The Kier molecular flexibility index (Phi) is 7.07. The minimum atomic E-state index is -0.568. The number of amides is 2. The van der Waals surface area contributed by atoms with Crippen LogP contribution in [0.5, 0.6) is 0 Å². The van der Waals surface area contributed by atoms with E-state index in [-0.39, 0.29) is 37.9 Å². The number of nitrogens with one attached hydrogen (secondary N) is 1. The maximum absolute atomic E-state index is 13.2. The zero-order chi connectivity index (χ0) is 24.1. The van der Waals surface area contributed by atoms with Gasteiger partial charge >= 0.3 is 5.69 Å². The molecule has 9 nitrogen and oxygen atoms in total. The zero-order valence-corrected chi connectivity index (χ0v) is 19.4. The van der Waals surface area contributed by atoms with Crippen molar-refractivity contribution in [2.75, 3.05) is 11.9 Å². The predicted octanol–water partition coefficient (Wildman–Crippen LogP) is 2.58. The van der Waals surface area contributed by atoms with Gasteiger partial charge in [0.05, 0.1) is 18.3 Å². The van der Waals surface area contributed by atoms with Crippen LogP contribution in [0.2, 0.25) is 0 Å². The predicted molar refractivity (Wildman–Crippen MR) is 130 cm³/mol. The van der Waals surface area contributed by atoms with Gasteiger partial charge in [0, 0.05) is 25.7 Å². The third kappa shape index (κ3) is 5.01. The average Bonchev–Trinajstić information content (AvgIpc) is 3.55. The molecule has 0 bridgehead atoms. The number of carbonyl (C=O) groups excluding carboxylic acids is 2. The number of likely N-dealkylation sites (N-methyl/N-ethyl adjacent to an activating group) is 1. The van der Waals surface area contributed by atoms with Crippen LogP contribution in [0.15, 0.2) is 74.2 Å². The SMILES string of the molecule is CN(C(=O)Cn1c(=O)n(CCCC(=O)NCc2ccco2)c(=O)c2sccc21)c1ccccc1. The highest BCUT2D eigenvalue weighted by Gasteiger charge is 2.19. The van der Waals surface area contributed by atoms with Crippen LogP contribution in [0.4, 0.5) is 5.69 Å². The minimum Gasteiger partial charge on any atom is -0.467 e. The highest BCUT2D eigenvalue weighted by atomic mass is 32.1. The molecule has 4 rings (SSSR count). The number of fused-ring (bicyclic) bond motifs is 1. The van der Waals surface area contributed by atoms with Crippen molar-refractivity contribution in [2.45, 2.75) is 32.5 Å². The number of furan rings is 1. The molecule has 0 aliphatic rings. The lowest BCUT2D eigenvalue weighted by Crippen LogP contribution is -2.42. The normalized spacial score (nSPS) is 11.0. The molecule has 0 atom stereocenters. The summed E-state index contributed by atoms with van der Waals surface area (Å²) in [7, 11) is 1.64. The Bertz CT molecular complexity index is 1400. The Morgan fingerprint density at radius 3 is 2.59 bits per heavy atom. The van der Waals surface area contributed by atoms with Crippen LogP contribution in [0.3, 0.4) is 0 Å². The fourth-order valence-corrected chi connectivity index (χ4v) is 4.45. The molecular formula is C24H24N4O5S. The van der Waals surface area contributed by atoms with Gasteiger partial charge < -0.3 is 14.6 Å². The Hall–Kier alpha value is -3.92. The Morgan fingerprint density at radius 2 is 1.85 bits per heavy atom. The van der Waals surface area contributed by atoms with E-state index in [1.807, 2.05) is 18.2 Å². The fourth-order valence-electron chi connectivity index (χ4n) is 3.61. The van der Waals surface area contributed by atoms with Crippen molar-refractivity contribution in [3.05, 3.63) is 86.8 Å². The van der Waals surface area contributed by atoms with Gasteiger partial charge in [-0.15, -0.1) is 11.3 Å². The molecule has 10 heteroatoms. The molecule has 3 aromatic heterocycles. The molecule has 3 heterocycles. The molecule has 0 aliphatic heterocycles. The first-order valence-electron chi connectivity index (χ1n) is 10.8. The van der Waals surface area contributed by atoms with Crippen molar-refractivity contribution < 1.29 is 14.0 Å². The van der Waals surface area contributed by atoms with Crippen LogP contribution in [0.1, 0.15) is 18.6 Å². The molecule has 0 spiro atoms. The second-order valence-electron chi connectivity index (χ2n) is 7.71. The maximum Gasteiger partial charge on any atom is 0.332 e. The largest absolute Gasteiger partial charge is 0.467 e. The number of rotatable bonds is 9. The zero-order valence-electron chi connectivity index (χ0n) is 18.6. The number of para-hydroxylation sites is 1. The summed E-state index contributed by atoms with van der Waals surface area (Å²) in [5.41, 5.74) is 0.158. The number of hydrogen-bond acceptors (Lipinski definition) is 6. The van der Waals surface area contributed by atoms with E-state index in [0.717, 1.165) is 4.57 Å². The van der Waals surface area contributed by atoms with Crippen molar-refractivity contribution in [2.24, 2.45) is 0 Å². The van der Waals surface area contributed by atoms with Crippen LogP contribution in [0, 0.1) is 0 Å². The molecule has 0 radical (unpaired) electrons. The van der Waals surface area contributed by atoms with E-state index in [1.54, 1.807) is 42.8 Å². The summed E-state index contributed by atoms with van der Waals surface area (Å²) < 4.78 is 8.01. The molecular weight excluding hydrogens is 456 g/mol. The molecule has 1 aromatic carbocycles. The third-order valence-corrected chi connectivity index (χ3v) is 6.36. The van der Waals surface area contributed by atoms with Gasteiger partial charge in [-0.3, -0.25) is 23.5 Å². The van der Waals surface area contributed by atoms with Crippen molar-refractivity contribution in [3.63, 3.8) is 0 Å². The van der Waals surface area contributed by atoms with Crippen molar-refractivity contribution in [1.29, 1.82) is 0 Å². The number of thiophene rings is 1. The van der Waals surface area contributed by atoms with Gasteiger partial charge in [-0.25, -0.2) is 4.79 Å². The first-order chi connectivity index (χ1) is 16.5. The molecule has 0 saturated carbocycles. The van der Waals surface area contributed by atoms with Gasteiger partial charge in [0.2, 0.25) is 11.8 Å². The van der Waals surface area contributed by atoms with Crippen LogP contribution in [-0.4, -0.2) is 28.0 Å². The van der Waals surface area contributed by atoms with Gasteiger partial charge in [0.1, 0.15) is 17.0 Å². The lowest BCUT2D eigenvalue weighted by molar-refractivity contribution is -0.121. The van der Waals surface area contributed by atoms with E-state index < -0.39 is 11.2 Å². The van der Waals surface area contributed by atoms with E-state index in [1.165, 1.54) is 27.1 Å². The number of carbonyl (C=O) groups is 2. The summed E-state index contributed by atoms with van der Waals surface area (Å²) >= 11 is 1.22. The Morgan fingerprint density at radius 1 is 1.06 bits per heavy atom. The fraction of sp³-hybridized carbons (Fsp3) is 0.250. The lowest BCUT2D eigenvalue weighted by Gasteiger charge is -2.19. The van der Waals surface area contributed by atoms with Gasteiger partial charge in [-0.2, -0.15) is 0 Å². The second-order valence-corrected chi connectivity index (χ2v) is 8.62. The summed E-state index contributed by atoms with van der Waals surface area (Å²) in [5, 5.41) is 4.46. The number of benzene rings is 1. The summed E-state index contributed by atoms with van der Waals surface area (Å²) in [4.78, 5) is 52.6. The molecule has 0 aliphatic carbocycles. The molecule has 176 valence electrons. The second kappa shape index (κ2) is 10.3. The van der Waals surface area contributed by atoms with E-state index in [9.17, 15) is 19.2 Å². The summed E-state index contributed by atoms with van der Waals surface area (Å²) in [6.07, 6.45) is 1.97. The van der Waals surface area contributed by atoms with E-state index in [4.69, 9.17) is 4.42 Å². The standard InChI is InChI=1S/C24H24N4O5S/c1-26(17-7-3-2-4-8-17)21(30)16-28-19-11-14-34-22(19)23(31)27(24(28)32)12-5-10-20(29)25-15-18-9-6-13-33-18/h2-4,6-9,11,13-14H,5,10,12,15-16H2,1H3,(H,25,29). The maximum atomic E-state index is 13.2. The molecule has 0 unspecified atom stereocenters. The van der Waals surface area contributed by atoms with Crippen molar-refractivity contribution in [1.82, 2.24) is 14.5 Å². The third-order valence-electron chi connectivity index (χ3n) is 5.47. The number of nitrogens with zero attached hydrogens (tertiary/aromatic N) is 3. The van der Waals surface area contributed by atoms with E-state index >= 15 is 0 Å². The van der Waals surface area contributed by atoms with Gasteiger partial charge in [-0.1, -0.05) is 18.2 Å². The smallest absolute Gasteiger partial charge is 0.332 e. The molecule has 0 fully saturated rings. The average molecular weight is 481 g/mol. The Labute approximate surface area is 198 Å². The minimum absolute atomic E-state index is 0.0718. The van der Waals surface area contributed by atoms with Gasteiger partial charge in [-0.05, 0) is 42.1 Å².